The van der Waals surface area contributed by atoms with E-state index in [9.17, 15) is 9.59 Å². The average Bonchev–Trinajstić information content (AvgIpc) is 3.35. The Morgan fingerprint density at radius 3 is 2.00 bits per heavy atom. The summed E-state index contributed by atoms with van der Waals surface area (Å²) in [6.45, 7) is 6.93. The molecule has 0 radical (unpaired) electrons. The quantitative estimate of drug-likeness (QED) is 0.214. The van der Waals surface area contributed by atoms with Crippen molar-refractivity contribution in [1.29, 1.82) is 0 Å². The summed E-state index contributed by atoms with van der Waals surface area (Å²) in [6, 6.07) is 29.5. The van der Waals surface area contributed by atoms with Gasteiger partial charge in [0.2, 0.25) is 0 Å². The van der Waals surface area contributed by atoms with Gasteiger partial charge in [-0.05, 0) is 48.5 Å². The lowest BCUT2D eigenvalue weighted by Crippen LogP contribution is -2.44. The minimum absolute atomic E-state index is 0.185. The molecule has 0 saturated carbocycles. The lowest BCUT2D eigenvalue weighted by Gasteiger charge is -2.38. The summed E-state index contributed by atoms with van der Waals surface area (Å²) in [5.74, 6) is 0.571. The minimum atomic E-state index is -2.08. The van der Waals surface area contributed by atoms with E-state index < -0.39 is 37.5 Å². The van der Waals surface area contributed by atoms with Crippen LogP contribution < -0.4 is 16.0 Å². The van der Waals surface area contributed by atoms with Crippen molar-refractivity contribution in [1.82, 2.24) is 9.55 Å². The fraction of sp³-hybridized carbons (Fsp3) is 0.312. The molecule has 1 saturated heterocycles. The van der Waals surface area contributed by atoms with Gasteiger partial charge in [0, 0.05) is 18.2 Å². The highest BCUT2D eigenvalue weighted by molar-refractivity contribution is 6.69. The van der Waals surface area contributed by atoms with E-state index >= 15 is 0 Å². The molecule has 3 aromatic carbocycles. The lowest BCUT2D eigenvalue weighted by atomic mass is 9.80. The molecule has 214 valence electrons. The molecule has 1 aromatic heterocycles. The first-order valence-electron chi connectivity index (χ1n) is 13.7. The van der Waals surface area contributed by atoms with Crippen molar-refractivity contribution in [2.45, 2.75) is 37.6 Å². The van der Waals surface area contributed by atoms with Gasteiger partial charge in [0.05, 0.1) is 26.4 Å². The molecule has 1 fully saturated rings. The smallest absolute Gasteiger partial charge is 0.330 e. The van der Waals surface area contributed by atoms with Crippen molar-refractivity contribution in [2.75, 3.05) is 20.3 Å². The van der Waals surface area contributed by atoms with Gasteiger partial charge in [-0.15, -0.1) is 0 Å². The van der Waals surface area contributed by atoms with Crippen LogP contribution in [0.2, 0.25) is 19.6 Å². The van der Waals surface area contributed by atoms with Crippen LogP contribution >= 0.6 is 0 Å². The Balaban J connectivity index is 1.57. The fourth-order valence-corrected chi connectivity index (χ4v) is 6.50. The molecular formula is C32H36N2O6Si. The molecule has 0 bridgehead atoms. The molecule has 0 amide bonds. The molecule has 9 heteroatoms. The zero-order valence-corrected chi connectivity index (χ0v) is 24.8. The van der Waals surface area contributed by atoms with Crippen LogP contribution in [0.15, 0.2) is 107 Å². The predicted octanol–water partition coefficient (Wildman–Crippen LogP) is 4.92. The van der Waals surface area contributed by atoms with Crippen molar-refractivity contribution in [3.8, 4) is 5.75 Å². The van der Waals surface area contributed by atoms with Crippen LogP contribution in [-0.2, 0) is 19.5 Å². The molecule has 41 heavy (non-hydrogen) atoms. The number of nitrogens with zero attached hydrogens (tertiary/aromatic N) is 1. The molecule has 4 aromatic rings. The van der Waals surface area contributed by atoms with Crippen molar-refractivity contribution >= 4 is 8.32 Å². The molecule has 1 aliphatic heterocycles. The fourth-order valence-electron chi connectivity index (χ4n) is 5.37. The standard InChI is InChI=1S/C32H36N2O6Si/c1-37-27-17-15-26(16-18-27)32(24-11-7-5-8-12-24,25-13-9-6-10-14-25)39-22-23-21-38-30(29(23)40-41(2,3)4)34-20-19-28(35)33-31(34)36/h5-20,23,29-30H,21-22H2,1-4H3,(H,33,35,36)/t23-,29-,30-/m1/s1. The summed E-state index contributed by atoms with van der Waals surface area (Å²) < 4.78 is 26.8. The van der Waals surface area contributed by atoms with Gasteiger partial charge in [-0.2, -0.15) is 0 Å². The molecular weight excluding hydrogens is 536 g/mol. The third kappa shape index (κ3) is 6.13. The maximum absolute atomic E-state index is 12.7. The van der Waals surface area contributed by atoms with Crippen molar-refractivity contribution in [3.05, 3.63) is 135 Å². The highest BCUT2D eigenvalue weighted by atomic mass is 28.4. The number of H-pyrrole nitrogens is 1. The van der Waals surface area contributed by atoms with Crippen molar-refractivity contribution in [2.24, 2.45) is 5.92 Å². The van der Waals surface area contributed by atoms with Crippen LogP contribution in [0, 0.1) is 5.92 Å². The molecule has 3 atom stereocenters. The SMILES string of the molecule is COc1ccc(C(OC[C@H]2CO[C@@H](n3ccc(=O)[nH]c3=O)[C@@H]2O[Si](C)(C)C)(c2ccccc2)c2ccccc2)cc1. The van der Waals surface area contributed by atoms with Crippen LogP contribution in [0.3, 0.4) is 0 Å². The summed E-state index contributed by atoms with van der Waals surface area (Å²) in [7, 11) is -0.432. The second-order valence-electron chi connectivity index (χ2n) is 11.1. The molecule has 8 nitrogen and oxygen atoms in total. The topological polar surface area (TPSA) is 91.8 Å². The second kappa shape index (κ2) is 12.0. The van der Waals surface area contributed by atoms with Gasteiger partial charge in [0.25, 0.3) is 5.56 Å². The first kappa shape index (κ1) is 28.8. The Kier molecular flexibility index (Phi) is 8.41. The largest absolute Gasteiger partial charge is 0.497 e. The number of hydrogen-bond donors (Lipinski definition) is 1. The molecule has 1 N–H and O–H groups in total. The molecule has 1 aliphatic rings. The predicted molar refractivity (Wildman–Crippen MR) is 160 cm³/mol. The van der Waals surface area contributed by atoms with E-state index in [2.05, 4.69) is 48.9 Å². The number of nitrogens with one attached hydrogen (secondary N) is 1. The van der Waals surface area contributed by atoms with E-state index in [1.54, 1.807) is 7.11 Å². The van der Waals surface area contributed by atoms with E-state index in [-0.39, 0.29) is 5.92 Å². The molecule has 0 unspecified atom stereocenters. The third-order valence-electron chi connectivity index (χ3n) is 7.21. The first-order valence-corrected chi connectivity index (χ1v) is 17.1. The van der Waals surface area contributed by atoms with E-state index in [1.165, 1.54) is 16.8 Å². The summed E-state index contributed by atoms with van der Waals surface area (Å²) >= 11 is 0. The van der Waals surface area contributed by atoms with Gasteiger partial charge in [-0.3, -0.25) is 14.3 Å². The third-order valence-corrected chi connectivity index (χ3v) is 8.19. The summed E-state index contributed by atoms with van der Waals surface area (Å²) in [5.41, 5.74) is 0.977. The van der Waals surface area contributed by atoms with Gasteiger partial charge in [0.15, 0.2) is 14.5 Å². The zero-order valence-electron chi connectivity index (χ0n) is 23.8. The van der Waals surface area contributed by atoms with Gasteiger partial charge in [0.1, 0.15) is 11.4 Å². The summed E-state index contributed by atoms with van der Waals surface area (Å²) in [6.07, 6.45) is 0.319. The Bertz CT molecular complexity index is 1510. The Labute approximate surface area is 240 Å². The van der Waals surface area contributed by atoms with Crippen molar-refractivity contribution < 1.29 is 18.6 Å². The number of rotatable bonds is 10. The van der Waals surface area contributed by atoms with E-state index in [0.29, 0.717) is 13.2 Å². The normalized spacial score (nSPS) is 19.3. The van der Waals surface area contributed by atoms with Crippen LogP contribution in [-0.4, -0.2) is 44.3 Å². The highest BCUT2D eigenvalue weighted by Gasteiger charge is 2.45. The van der Waals surface area contributed by atoms with Crippen LogP contribution in [0.5, 0.6) is 5.75 Å². The van der Waals surface area contributed by atoms with Crippen molar-refractivity contribution in [3.63, 3.8) is 0 Å². The Hall–Kier alpha value is -3.76. The molecule has 0 aliphatic carbocycles. The maximum atomic E-state index is 12.7. The molecule has 2 heterocycles. The van der Waals surface area contributed by atoms with Gasteiger partial charge >= 0.3 is 5.69 Å². The number of aromatic amines is 1. The highest BCUT2D eigenvalue weighted by Crippen LogP contribution is 2.43. The number of aromatic nitrogens is 2. The summed E-state index contributed by atoms with van der Waals surface area (Å²) in [4.78, 5) is 26.8. The van der Waals surface area contributed by atoms with Crippen LogP contribution in [0.4, 0.5) is 0 Å². The lowest BCUT2D eigenvalue weighted by molar-refractivity contribution is -0.0320. The van der Waals surface area contributed by atoms with Crippen LogP contribution in [0.25, 0.3) is 0 Å². The van der Waals surface area contributed by atoms with E-state index in [4.69, 9.17) is 18.6 Å². The number of ether oxygens (including phenoxy) is 3. The van der Waals surface area contributed by atoms with Crippen LogP contribution in [0.1, 0.15) is 22.9 Å². The summed E-state index contributed by atoms with van der Waals surface area (Å²) in [5, 5.41) is 0. The van der Waals surface area contributed by atoms with Gasteiger partial charge in [-0.1, -0.05) is 72.8 Å². The maximum Gasteiger partial charge on any atom is 0.330 e. The zero-order chi connectivity index (χ0) is 29.0. The Morgan fingerprint density at radius 1 is 0.878 bits per heavy atom. The number of hydrogen-bond acceptors (Lipinski definition) is 6. The second-order valence-corrected chi connectivity index (χ2v) is 15.6. The molecule has 0 spiro atoms. The first-order chi connectivity index (χ1) is 19.7. The number of methoxy groups -OCH3 is 1. The van der Waals surface area contributed by atoms with E-state index in [0.717, 1.165) is 22.4 Å². The van der Waals surface area contributed by atoms with Gasteiger partial charge < -0.3 is 18.6 Å². The van der Waals surface area contributed by atoms with Gasteiger partial charge in [-0.25, -0.2) is 4.79 Å². The average molecular weight is 573 g/mol. The van der Waals surface area contributed by atoms with E-state index in [1.807, 2.05) is 60.7 Å². The molecule has 5 rings (SSSR count). The number of benzene rings is 3. The monoisotopic (exact) mass is 572 g/mol. The Morgan fingerprint density at radius 2 is 1.46 bits per heavy atom. The minimum Gasteiger partial charge on any atom is -0.497 e.